The van der Waals surface area contributed by atoms with Crippen LogP contribution in [-0.4, -0.2) is 18.7 Å². The standard InChI is InChI=1S/C25H28ClNO4/c1-3-30-24(28)17(2)19-9-11-20(12-10-19)22-14-13-21(15-23(22)26)27-25(29)31-16-18-7-5-4-6-8-18/h4-8,13-15,20H,3,9-12,16H2,1-2H3,(H,27,29). The van der Waals surface area contributed by atoms with Crippen LogP contribution in [0.2, 0.25) is 5.02 Å². The first kappa shape index (κ1) is 22.9. The highest BCUT2D eigenvalue weighted by Crippen LogP contribution is 2.40. The van der Waals surface area contributed by atoms with Gasteiger partial charge in [-0.15, -0.1) is 0 Å². The highest BCUT2D eigenvalue weighted by atomic mass is 35.5. The summed E-state index contributed by atoms with van der Waals surface area (Å²) in [6, 6.07) is 15.1. The second-order valence-corrected chi connectivity index (χ2v) is 8.05. The molecule has 31 heavy (non-hydrogen) atoms. The Hall–Kier alpha value is -2.79. The lowest BCUT2D eigenvalue weighted by atomic mass is 9.80. The van der Waals surface area contributed by atoms with Gasteiger partial charge in [0.15, 0.2) is 0 Å². The fourth-order valence-corrected chi connectivity index (χ4v) is 4.18. The second kappa shape index (κ2) is 11.0. The van der Waals surface area contributed by atoms with Gasteiger partial charge in [0.25, 0.3) is 0 Å². The van der Waals surface area contributed by atoms with Crippen molar-refractivity contribution < 1.29 is 19.1 Å². The van der Waals surface area contributed by atoms with Crippen molar-refractivity contribution in [2.24, 2.45) is 0 Å². The van der Waals surface area contributed by atoms with Crippen LogP contribution in [0, 0.1) is 0 Å². The largest absolute Gasteiger partial charge is 0.463 e. The van der Waals surface area contributed by atoms with Crippen LogP contribution in [0.25, 0.3) is 0 Å². The zero-order valence-corrected chi connectivity index (χ0v) is 18.7. The molecule has 0 bridgehead atoms. The van der Waals surface area contributed by atoms with Gasteiger partial charge >= 0.3 is 12.1 Å². The van der Waals surface area contributed by atoms with E-state index in [9.17, 15) is 9.59 Å². The molecule has 2 aromatic carbocycles. The van der Waals surface area contributed by atoms with Crippen LogP contribution < -0.4 is 5.32 Å². The Balaban J connectivity index is 1.55. The van der Waals surface area contributed by atoms with Crippen molar-refractivity contribution >= 4 is 29.4 Å². The number of hydrogen-bond acceptors (Lipinski definition) is 4. The first-order valence-corrected chi connectivity index (χ1v) is 11.0. The van der Waals surface area contributed by atoms with E-state index in [1.165, 1.54) is 5.57 Å². The molecule has 1 saturated carbocycles. The van der Waals surface area contributed by atoms with Crippen LogP contribution >= 0.6 is 11.6 Å². The van der Waals surface area contributed by atoms with E-state index in [4.69, 9.17) is 21.1 Å². The number of nitrogens with one attached hydrogen (secondary N) is 1. The van der Waals surface area contributed by atoms with E-state index in [2.05, 4.69) is 5.32 Å². The molecule has 2 aromatic rings. The van der Waals surface area contributed by atoms with Crippen molar-refractivity contribution in [3.05, 3.63) is 75.8 Å². The average Bonchev–Trinajstić information content (AvgIpc) is 2.78. The predicted molar refractivity (Wildman–Crippen MR) is 122 cm³/mol. The van der Waals surface area contributed by atoms with Gasteiger partial charge in [0.1, 0.15) is 6.61 Å². The maximum absolute atomic E-state index is 12.1. The fourth-order valence-electron chi connectivity index (χ4n) is 3.85. The number of rotatable bonds is 6. The summed E-state index contributed by atoms with van der Waals surface area (Å²) in [6.45, 7) is 4.26. The number of carbonyl (C=O) groups is 2. The molecule has 3 rings (SSSR count). The van der Waals surface area contributed by atoms with E-state index in [1.807, 2.05) is 56.3 Å². The Morgan fingerprint density at radius 2 is 1.77 bits per heavy atom. The van der Waals surface area contributed by atoms with E-state index in [1.54, 1.807) is 6.07 Å². The van der Waals surface area contributed by atoms with Gasteiger partial charge in [0.2, 0.25) is 0 Å². The molecule has 0 aromatic heterocycles. The Labute approximate surface area is 188 Å². The number of benzene rings is 2. The van der Waals surface area contributed by atoms with Gasteiger partial charge in [-0.3, -0.25) is 5.32 Å². The molecule has 0 atom stereocenters. The van der Waals surface area contributed by atoms with Crippen LogP contribution in [0.3, 0.4) is 0 Å². The van der Waals surface area contributed by atoms with Gasteiger partial charge in [-0.25, -0.2) is 9.59 Å². The van der Waals surface area contributed by atoms with Gasteiger partial charge in [0, 0.05) is 16.3 Å². The number of esters is 1. The summed E-state index contributed by atoms with van der Waals surface area (Å²) in [7, 11) is 0. The van der Waals surface area contributed by atoms with E-state index in [-0.39, 0.29) is 12.6 Å². The summed E-state index contributed by atoms with van der Waals surface area (Å²) in [5, 5.41) is 3.35. The minimum Gasteiger partial charge on any atom is -0.463 e. The quantitative estimate of drug-likeness (QED) is 0.403. The molecule has 1 fully saturated rings. The van der Waals surface area contributed by atoms with Crippen LogP contribution in [-0.2, 0) is 20.9 Å². The third-order valence-corrected chi connectivity index (χ3v) is 5.93. The van der Waals surface area contributed by atoms with Crippen LogP contribution in [0.15, 0.2) is 59.7 Å². The van der Waals surface area contributed by atoms with Crippen molar-refractivity contribution in [1.29, 1.82) is 0 Å². The predicted octanol–water partition coefficient (Wildman–Crippen LogP) is 6.63. The fraction of sp³-hybridized carbons (Fsp3) is 0.360. The Morgan fingerprint density at radius 3 is 2.42 bits per heavy atom. The average molecular weight is 442 g/mol. The van der Waals surface area contributed by atoms with Gasteiger partial charge in [-0.05, 0) is 68.7 Å². The van der Waals surface area contributed by atoms with Gasteiger partial charge in [-0.2, -0.15) is 0 Å². The minimum atomic E-state index is -0.519. The van der Waals surface area contributed by atoms with Crippen LogP contribution in [0.4, 0.5) is 10.5 Å². The van der Waals surface area contributed by atoms with Crippen molar-refractivity contribution in [1.82, 2.24) is 0 Å². The summed E-state index contributed by atoms with van der Waals surface area (Å²) in [6.07, 6.45) is 3.05. The van der Waals surface area contributed by atoms with E-state index >= 15 is 0 Å². The Morgan fingerprint density at radius 1 is 1.06 bits per heavy atom. The molecule has 0 unspecified atom stereocenters. The smallest absolute Gasteiger partial charge is 0.411 e. The topological polar surface area (TPSA) is 64.6 Å². The lowest BCUT2D eigenvalue weighted by Gasteiger charge is -2.26. The highest BCUT2D eigenvalue weighted by Gasteiger charge is 2.23. The zero-order valence-electron chi connectivity index (χ0n) is 17.9. The number of ether oxygens (including phenoxy) is 2. The van der Waals surface area contributed by atoms with E-state index in [0.29, 0.717) is 23.2 Å². The van der Waals surface area contributed by atoms with Gasteiger partial charge in [-0.1, -0.05) is 53.6 Å². The molecule has 0 aliphatic heterocycles. The second-order valence-electron chi connectivity index (χ2n) is 7.65. The number of hydrogen-bond donors (Lipinski definition) is 1. The molecule has 1 aliphatic carbocycles. The monoisotopic (exact) mass is 441 g/mol. The molecule has 0 heterocycles. The Bertz CT molecular complexity index is 945. The minimum absolute atomic E-state index is 0.210. The van der Waals surface area contributed by atoms with Crippen molar-refractivity contribution in [3.63, 3.8) is 0 Å². The first-order valence-electron chi connectivity index (χ1n) is 10.6. The number of anilines is 1. The van der Waals surface area contributed by atoms with Crippen molar-refractivity contribution in [2.45, 2.75) is 52.1 Å². The molecule has 0 radical (unpaired) electrons. The first-order chi connectivity index (χ1) is 15.0. The maximum atomic E-state index is 12.1. The summed E-state index contributed by atoms with van der Waals surface area (Å²) in [5.41, 5.74) is 4.50. The lowest BCUT2D eigenvalue weighted by Crippen LogP contribution is -2.14. The molecular weight excluding hydrogens is 414 g/mol. The molecule has 0 spiro atoms. The number of carbonyl (C=O) groups excluding carboxylic acids is 2. The van der Waals surface area contributed by atoms with Crippen LogP contribution in [0.5, 0.6) is 0 Å². The van der Waals surface area contributed by atoms with Crippen molar-refractivity contribution in [3.8, 4) is 0 Å². The van der Waals surface area contributed by atoms with Gasteiger partial charge in [0.05, 0.1) is 6.61 Å². The molecule has 6 heteroatoms. The summed E-state index contributed by atoms with van der Waals surface area (Å²) < 4.78 is 10.4. The molecule has 164 valence electrons. The summed E-state index contributed by atoms with van der Waals surface area (Å²) in [5.74, 6) is 0.105. The molecule has 0 saturated heterocycles. The molecule has 1 amide bonds. The SMILES string of the molecule is CCOC(=O)C(C)=C1CCC(c2ccc(NC(=O)OCc3ccccc3)cc2Cl)CC1. The normalized spacial score (nSPS) is 15.8. The van der Waals surface area contributed by atoms with Gasteiger partial charge < -0.3 is 9.47 Å². The van der Waals surface area contributed by atoms with Crippen LogP contribution in [0.1, 0.15) is 56.6 Å². The molecule has 1 N–H and O–H groups in total. The molecular formula is C25H28ClNO4. The maximum Gasteiger partial charge on any atom is 0.411 e. The lowest BCUT2D eigenvalue weighted by molar-refractivity contribution is -0.138. The summed E-state index contributed by atoms with van der Waals surface area (Å²) >= 11 is 6.53. The Kier molecular flexibility index (Phi) is 8.13. The third kappa shape index (κ3) is 6.34. The molecule has 1 aliphatic rings. The van der Waals surface area contributed by atoms with E-state index < -0.39 is 6.09 Å². The highest BCUT2D eigenvalue weighted by molar-refractivity contribution is 6.31. The molecule has 5 nitrogen and oxygen atoms in total. The summed E-state index contributed by atoms with van der Waals surface area (Å²) in [4.78, 5) is 24.0. The third-order valence-electron chi connectivity index (χ3n) is 5.60. The number of halogens is 1. The van der Waals surface area contributed by atoms with E-state index in [0.717, 1.165) is 42.4 Å². The number of allylic oxidation sites excluding steroid dienone is 1. The number of amides is 1. The van der Waals surface area contributed by atoms with Crippen molar-refractivity contribution in [2.75, 3.05) is 11.9 Å². The zero-order chi connectivity index (χ0) is 22.2.